The van der Waals surface area contributed by atoms with Crippen molar-refractivity contribution in [2.24, 2.45) is 11.8 Å². The van der Waals surface area contributed by atoms with Gasteiger partial charge in [-0.05, 0) is 12.8 Å². The van der Waals surface area contributed by atoms with Crippen molar-refractivity contribution in [1.82, 2.24) is 0 Å². The fraction of sp³-hybridized carbons (Fsp3) is 0.833. The van der Waals surface area contributed by atoms with Crippen molar-refractivity contribution in [2.75, 3.05) is 0 Å². The third-order valence-electron chi connectivity index (χ3n) is 3.07. The summed E-state index contributed by atoms with van der Waals surface area (Å²) < 4.78 is 0. The Morgan fingerprint density at radius 2 is 1.71 bits per heavy atom. The van der Waals surface area contributed by atoms with Crippen LogP contribution < -0.4 is 0 Å². The van der Waals surface area contributed by atoms with Crippen LogP contribution in [0.2, 0.25) is 0 Å². The van der Waals surface area contributed by atoms with E-state index in [0.717, 1.165) is 12.8 Å². The molecule has 1 aliphatic rings. The standard InChI is InChI=1S/C12H20O2/c1-9(2)11(13)7-8-12(14)10-5-3-4-6-10/h9-10H,3-8H2,1-2H3. The summed E-state index contributed by atoms with van der Waals surface area (Å²) in [7, 11) is 0. The minimum absolute atomic E-state index is 0.0754. The van der Waals surface area contributed by atoms with Crippen molar-refractivity contribution in [3.8, 4) is 0 Å². The van der Waals surface area contributed by atoms with Crippen molar-refractivity contribution >= 4 is 11.6 Å². The first-order valence-corrected chi connectivity index (χ1v) is 5.66. The topological polar surface area (TPSA) is 34.1 Å². The molecular weight excluding hydrogens is 176 g/mol. The number of carbonyl (C=O) groups excluding carboxylic acids is 2. The lowest BCUT2D eigenvalue weighted by Crippen LogP contribution is -2.14. The lowest BCUT2D eigenvalue weighted by atomic mass is 9.95. The fourth-order valence-corrected chi connectivity index (χ4v) is 1.99. The van der Waals surface area contributed by atoms with Gasteiger partial charge in [0.25, 0.3) is 0 Å². The number of ketones is 2. The van der Waals surface area contributed by atoms with Gasteiger partial charge in [0.05, 0.1) is 0 Å². The molecule has 1 rings (SSSR count). The lowest BCUT2D eigenvalue weighted by molar-refractivity contribution is -0.127. The molecule has 0 aliphatic heterocycles. The van der Waals surface area contributed by atoms with E-state index < -0.39 is 0 Å². The van der Waals surface area contributed by atoms with Gasteiger partial charge < -0.3 is 0 Å². The van der Waals surface area contributed by atoms with Crippen LogP contribution in [-0.4, -0.2) is 11.6 Å². The molecule has 0 aromatic rings. The van der Waals surface area contributed by atoms with E-state index in [1.54, 1.807) is 0 Å². The van der Waals surface area contributed by atoms with E-state index in [9.17, 15) is 9.59 Å². The van der Waals surface area contributed by atoms with Crippen molar-refractivity contribution in [2.45, 2.75) is 52.4 Å². The maximum atomic E-state index is 11.6. The molecule has 0 heterocycles. The van der Waals surface area contributed by atoms with Gasteiger partial charge in [-0.3, -0.25) is 9.59 Å². The first-order chi connectivity index (χ1) is 6.61. The smallest absolute Gasteiger partial charge is 0.136 e. The quantitative estimate of drug-likeness (QED) is 0.677. The molecule has 80 valence electrons. The highest BCUT2D eigenvalue weighted by molar-refractivity contribution is 5.88. The summed E-state index contributed by atoms with van der Waals surface area (Å²) in [6, 6.07) is 0. The molecular formula is C12H20O2. The predicted octanol–water partition coefficient (Wildman–Crippen LogP) is 2.75. The van der Waals surface area contributed by atoms with Crippen molar-refractivity contribution in [1.29, 1.82) is 0 Å². The summed E-state index contributed by atoms with van der Waals surface area (Å²) in [6.45, 7) is 3.78. The third kappa shape index (κ3) is 3.24. The van der Waals surface area contributed by atoms with Gasteiger partial charge in [-0.25, -0.2) is 0 Å². The van der Waals surface area contributed by atoms with Gasteiger partial charge in [0, 0.05) is 24.7 Å². The Kier molecular flexibility index (Phi) is 4.30. The highest BCUT2D eigenvalue weighted by Crippen LogP contribution is 2.26. The summed E-state index contributed by atoms with van der Waals surface area (Å²) in [5.74, 6) is 0.884. The number of rotatable bonds is 5. The molecule has 0 unspecified atom stereocenters. The van der Waals surface area contributed by atoms with E-state index in [2.05, 4.69) is 0 Å². The van der Waals surface area contributed by atoms with Gasteiger partial charge in [0.15, 0.2) is 0 Å². The maximum Gasteiger partial charge on any atom is 0.136 e. The Morgan fingerprint density at radius 1 is 1.14 bits per heavy atom. The minimum Gasteiger partial charge on any atom is -0.299 e. The third-order valence-corrected chi connectivity index (χ3v) is 3.07. The Labute approximate surface area is 86.1 Å². The van der Waals surface area contributed by atoms with E-state index in [0.29, 0.717) is 18.6 Å². The van der Waals surface area contributed by atoms with Crippen LogP contribution in [0.25, 0.3) is 0 Å². The zero-order chi connectivity index (χ0) is 10.6. The van der Waals surface area contributed by atoms with Gasteiger partial charge in [-0.1, -0.05) is 26.7 Å². The van der Waals surface area contributed by atoms with Gasteiger partial charge in [0.1, 0.15) is 11.6 Å². The summed E-state index contributed by atoms with van der Waals surface area (Å²) >= 11 is 0. The van der Waals surface area contributed by atoms with Crippen LogP contribution in [0.3, 0.4) is 0 Å². The monoisotopic (exact) mass is 196 g/mol. The van der Waals surface area contributed by atoms with Gasteiger partial charge >= 0.3 is 0 Å². The Morgan fingerprint density at radius 3 is 2.21 bits per heavy atom. The highest BCUT2D eigenvalue weighted by Gasteiger charge is 2.22. The molecule has 0 bridgehead atoms. The van der Waals surface area contributed by atoms with Crippen molar-refractivity contribution in [3.63, 3.8) is 0 Å². The average Bonchev–Trinajstić information content (AvgIpc) is 2.66. The minimum atomic E-state index is 0.0754. The molecule has 0 N–H and O–H groups in total. The maximum absolute atomic E-state index is 11.6. The largest absolute Gasteiger partial charge is 0.299 e. The van der Waals surface area contributed by atoms with Crippen LogP contribution in [0.15, 0.2) is 0 Å². The zero-order valence-corrected chi connectivity index (χ0v) is 9.21. The second-order valence-electron chi connectivity index (χ2n) is 4.57. The Balaban J connectivity index is 2.23. The van der Waals surface area contributed by atoms with Crippen molar-refractivity contribution < 1.29 is 9.59 Å². The molecule has 0 aromatic heterocycles. The number of hydrogen-bond acceptors (Lipinski definition) is 2. The molecule has 0 amide bonds. The predicted molar refractivity (Wildman–Crippen MR) is 56.0 cm³/mol. The molecule has 2 nitrogen and oxygen atoms in total. The van der Waals surface area contributed by atoms with E-state index >= 15 is 0 Å². The SMILES string of the molecule is CC(C)C(=O)CCC(=O)C1CCCC1. The van der Waals surface area contributed by atoms with Crippen LogP contribution in [0.5, 0.6) is 0 Å². The molecule has 0 aromatic carbocycles. The first-order valence-electron chi connectivity index (χ1n) is 5.66. The summed E-state index contributed by atoms with van der Waals surface area (Å²) in [6.07, 6.45) is 5.40. The second kappa shape index (κ2) is 5.28. The van der Waals surface area contributed by atoms with E-state index in [-0.39, 0.29) is 17.6 Å². The van der Waals surface area contributed by atoms with Crippen LogP contribution in [0.1, 0.15) is 52.4 Å². The number of hydrogen-bond donors (Lipinski definition) is 0. The summed E-state index contributed by atoms with van der Waals surface area (Å²) in [5, 5.41) is 0. The Bertz CT molecular complexity index is 212. The first kappa shape index (κ1) is 11.4. The summed E-state index contributed by atoms with van der Waals surface area (Å²) in [5.41, 5.74) is 0. The molecule has 0 atom stereocenters. The lowest BCUT2D eigenvalue weighted by Gasteiger charge is -2.08. The fourth-order valence-electron chi connectivity index (χ4n) is 1.99. The molecule has 1 saturated carbocycles. The van der Waals surface area contributed by atoms with Crippen molar-refractivity contribution in [3.05, 3.63) is 0 Å². The van der Waals surface area contributed by atoms with Crippen LogP contribution >= 0.6 is 0 Å². The average molecular weight is 196 g/mol. The van der Waals surface area contributed by atoms with Gasteiger partial charge in [-0.2, -0.15) is 0 Å². The summed E-state index contributed by atoms with van der Waals surface area (Å²) in [4.78, 5) is 22.9. The second-order valence-corrected chi connectivity index (χ2v) is 4.57. The number of carbonyl (C=O) groups is 2. The molecule has 2 heteroatoms. The molecule has 0 spiro atoms. The van der Waals surface area contributed by atoms with E-state index in [4.69, 9.17) is 0 Å². The molecule has 0 saturated heterocycles. The normalized spacial score (nSPS) is 17.6. The van der Waals surface area contributed by atoms with Crippen LogP contribution in [-0.2, 0) is 9.59 Å². The van der Waals surface area contributed by atoms with E-state index in [1.165, 1.54) is 12.8 Å². The molecule has 14 heavy (non-hydrogen) atoms. The Hall–Kier alpha value is -0.660. The zero-order valence-electron chi connectivity index (χ0n) is 9.21. The molecule has 1 aliphatic carbocycles. The van der Waals surface area contributed by atoms with Crippen LogP contribution in [0.4, 0.5) is 0 Å². The van der Waals surface area contributed by atoms with E-state index in [1.807, 2.05) is 13.8 Å². The van der Waals surface area contributed by atoms with Gasteiger partial charge in [0.2, 0.25) is 0 Å². The highest BCUT2D eigenvalue weighted by atomic mass is 16.1. The van der Waals surface area contributed by atoms with Crippen LogP contribution in [0, 0.1) is 11.8 Å². The number of Topliss-reactive ketones (excluding diaryl/α,β-unsaturated/α-hetero) is 2. The molecule has 1 fully saturated rings. The van der Waals surface area contributed by atoms with Gasteiger partial charge in [-0.15, -0.1) is 0 Å². The molecule has 0 radical (unpaired) electrons.